The largest absolute Gasteiger partial charge is 0.481 e. The topological polar surface area (TPSA) is 111 Å². The smallest absolute Gasteiger partial charge is 0.276 e. The zero-order chi connectivity index (χ0) is 18.4. The molecule has 0 aliphatic carbocycles. The second kappa shape index (κ2) is 8.20. The van der Waals surface area contributed by atoms with Gasteiger partial charge < -0.3 is 4.74 Å². The van der Waals surface area contributed by atoms with E-state index in [0.29, 0.717) is 4.47 Å². The summed E-state index contributed by atoms with van der Waals surface area (Å²) in [6, 6.07) is 9.05. The van der Waals surface area contributed by atoms with Crippen LogP contribution in [0.5, 0.6) is 5.75 Å². The second-order valence-electron chi connectivity index (χ2n) is 4.67. The van der Waals surface area contributed by atoms with Gasteiger partial charge in [0.1, 0.15) is 0 Å². The van der Waals surface area contributed by atoms with E-state index in [1.54, 1.807) is 6.07 Å². The molecule has 0 fully saturated rings. The number of nitro groups is 1. The van der Waals surface area contributed by atoms with Crippen LogP contribution < -0.4 is 15.6 Å². The number of hydrazine groups is 1. The van der Waals surface area contributed by atoms with Crippen LogP contribution in [0.3, 0.4) is 0 Å². The predicted octanol–water partition coefficient (Wildman–Crippen LogP) is 2.34. The van der Waals surface area contributed by atoms with E-state index in [1.165, 1.54) is 30.3 Å². The van der Waals surface area contributed by atoms with Gasteiger partial charge in [0.25, 0.3) is 17.5 Å². The SMILES string of the molecule is O=C(COc1ccc(Br)cc1F)NNC(=O)c1cccc([N+](=O)[O-])c1. The Bertz CT molecular complexity index is 831. The minimum atomic E-state index is -0.744. The highest BCUT2D eigenvalue weighted by Crippen LogP contribution is 2.21. The molecule has 2 aromatic carbocycles. The van der Waals surface area contributed by atoms with Crippen molar-refractivity contribution in [2.24, 2.45) is 0 Å². The van der Waals surface area contributed by atoms with Gasteiger partial charge in [-0.25, -0.2) is 4.39 Å². The molecular weight excluding hydrogens is 401 g/mol. The molecule has 0 aliphatic heterocycles. The lowest BCUT2D eigenvalue weighted by Crippen LogP contribution is -2.43. The number of hydrogen-bond donors (Lipinski definition) is 2. The predicted molar refractivity (Wildman–Crippen MR) is 88.3 cm³/mol. The lowest BCUT2D eigenvalue weighted by atomic mass is 10.2. The maximum absolute atomic E-state index is 13.5. The molecule has 0 aromatic heterocycles. The normalized spacial score (nSPS) is 10.0. The number of benzene rings is 2. The quantitative estimate of drug-likeness (QED) is 0.579. The number of ether oxygens (including phenoxy) is 1. The fraction of sp³-hybridized carbons (Fsp3) is 0.0667. The lowest BCUT2D eigenvalue weighted by molar-refractivity contribution is -0.384. The molecule has 25 heavy (non-hydrogen) atoms. The van der Waals surface area contributed by atoms with Crippen molar-refractivity contribution in [3.63, 3.8) is 0 Å². The lowest BCUT2D eigenvalue weighted by Gasteiger charge is -2.09. The Kier molecular flexibility index (Phi) is 6.01. The van der Waals surface area contributed by atoms with E-state index in [4.69, 9.17) is 4.74 Å². The summed E-state index contributed by atoms with van der Waals surface area (Å²) >= 11 is 3.09. The Balaban J connectivity index is 1.86. The molecule has 10 heteroatoms. The Morgan fingerprint density at radius 1 is 1.20 bits per heavy atom. The Labute approximate surface area is 149 Å². The summed E-state index contributed by atoms with van der Waals surface area (Å²) in [4.78, 5) is 33.5. The van der Waals surface area contributed by atoms with E-state index in [0.717, 1.165) is 6.07 Å². The van der Waals surface area contributed by atoms with Crippen molar-refractivity contribution in [3.8, 4) is 5.75 Å². The third-order valence-corrected chi connectivity index (χ3v) is 3.38. The van der Waals surface area contributed by atoms with Crippen molar-refractivity contribution in [2.45, 2.75) is 0 Å². The van der Waals surface area contributed by atoms with Crippen LogP contribution in [0.2, 0.25) is 0 Å². The molecule has 0 radical (unpaired) electrons. The summed E-state index contributed by atoms with van der Waals surface area (Å²) in [5.41, 5.74) is 3.89. The molecular formula is C15H11BrFN3O5. The highest BCUT2D eigenvalue weighted by atomic mass is 79.9. The van der Waals surface area contributed by atoms with E-state index in [1.807, 2.05) is 0 Å². The summed E-state index contributed by atoms with van der Waals surface area (Å²) < 4.78 is 19.0. The first-order chi connectivity index (χ1) is 11.9. The van der Waals surface area contributed by atoms with E-state index in [2.05, 4.69) is 26.8 Å². The van der Waals surface area contributed by atoms with Crippen molar-refractivity contribution in [2.75, 3.05) is 6.61 Å². The minimum Gasteiger partial charge on any atom is -0.481 e. The Morgan fingerprint density at radius 2 is 1.96 bits per heavy atom. The number of halogens is 2. The summed E-state index contributed by atoms with van der Waals surface area (Å²) in [5.74, 6) is -2.25. The zero-order valence-corrected chi connectivity index (χ0v) is 14.1. The van der Waals surface area contributed by atoms with Crippen LogP contribution in [0.25, 0.3) is 0 Å². The van der Waals surface area contributed by atoms with Crippen LogP contribution in [0.15, 0.2) is 46.9 Å². The standard InChI is InChI=1S/C15H11BrFN3O5/c16-10-4-5-13(12(17)7-10)25-8-14(21)18-19-15(22)9-2-1-3-11(6-9)20(23)24/h1-7H,8H2,(H,18,21)(H,19,22). The van der Waals surface area contributed by atoms with E-state index >= 15 is 0 Å². The van der Waals surface area contributed by atoms with Gasteiger partial charge in [-0.2, -0.15) is 0 Å². The average molecular weight is 412 g/mol. The number of nitro benzene ring substituents is 1. The van der Waals surface area contributed by atoms with Crippen LogP contribution in [0.1, 0.15) is 10.4 Å². The summed E-state index contributed by atoms with van der Waals surface area (Å²) in [5, 5.41) is 10.7. The summed E-state index contributed by atoms with van der Waals surface area (Å²) in [7, 11) is 0. The van der Waals surface area contributed by atoms with Gasteiger partial charge in [-0.05, 0) is 24.3 Å². The first kappa shape index (κ1) is 18.3. The Morgan fingerprint density at radius 3 is 2.64 bits per heavy atom. The molecule has 2 rings (SSSR count). The van der Waals surface area contributed by atoms with Crippen LogP contribution in [0.4, 0.5) is 10.1 Å². The van der Waals surface area contributed by atoms with Crippen molar-refractivity contribution < 1.29 is 23.6 Å². The second-order valence-corrected chi connectivity index (χ2v) is 5.59. The monoisotopic (exact) mass is 411 g/mol. The fourth-order valence-corrected chi connectivity index (χ4v) is 2.06. The van der Waals surface area contributed by atoms with Crippen molar-refractivity contribution in [1.29, 1.82) is 0 Å². The van der Waals surface area contributed by atoms with Crippen LogP contribution in [-0.4, -0.2) is 23.3 Å². The number of carbonyl (C=O) groups is 2. The van der Waals surface area contributed by atoms with Crippen LogP contribution in [-0.2, 0) is 4.79 Å². The molecule has 0 aliphatic rings. The van der Waals surface area contributed by atoms with E-state index in [9.17, 15) is 24.1 Å². The third-order valence-electron chi connectivity index (χ3n) is 2.89. The molecule has 0 saturated heterocycles. The molecule has 0 atom stereocenters. The molecule has 0 unspecified atom stereocenters. The molecule has 130 valence electrons. The highest BCUT2D eigenvalue weighted by molar-refractivity contribution is 9.10. The maximum Gasteiger partial charge on any atom is 0.276 e. The van der Waals surface area contributed by atoms with Gasteiger partial charge in [0.2, 0.25) is 0 Å². The number of carbonyl (C=O) groups excluding carboxylic acids is 2. The molecule has 0 heterocycles. The van der Waals surface area contributed by atoms with Gasteiger partial charge in [0, 0.05) is 22.2 Å². The van der Waals surface area contributed by atoms with Crippen molar-refractivity contribution >= 4 is 33.4 Å². The third kappa shape index (κ3) is 5.24. The number of nitrogens with zero attached hydrogens (tertiary/aromatic N) is 1. The molecule has 2 N–H and O–H groups in total. The van der Waals surface area contributed by atoms with Gasteiger partial charge in [-0.15, -0.1) is 0 Å². The highest BCUT2D eigenvalue weighted by Gasteiger charge is 2.13. The first-order valence-electron chi connectivity index (χ1n) is 6.78. The number of rotatable bonds is 5. The maximum atomic E-state index is 13.5. The minimum absolute atomic E-state index is 0.00521. The number of nitrogens with one attached hydrogen (secondary N) is 2. The van der Waals surface area contributed by atoms with Crippen LogP contribution >= 0.6 is 15.9 Å². The van der Waals surface area contributed by atoms with Gasteiger partial charge in [0.15, 0.2) is 18.2 Å². The van der Waals surface area contributed by atoms with Gasteiger partial charge in [0.05, 0.1) is 4.92 Å². The van der Waals surface area contributed by atoms with Crippen LogP contribution in [0, 0.1) is 15.9 Å². The molecule has 8 nitrogen and oxygen atoms in total. The molecule has 2 aromatic rings. The number of hydrogen-bond acceptors (Lipinski definition) is 5. The molecule has 0 bridgehead atoms. The molecule has 0 saturated carbocycles. The Hall–Kier alpha value is -3.01. The molecule has 2 amide bonds. The summed E-state index contributed by atoms with van der Waals surface area (Å²) in [6.07, 6.45) is 0. The van der Waals surface area contributed by atoms with Gasteiger partial charge in [-0.1, -0.05) is 22.0 Å². The number of amides is 2. The van der Waals surface area contributed by atoms with Gasteiger partial charge >= 0.3 is 0 Å². The van der Waals surface area contributed by atoms with E-state index < -0.39 is 29.2 Å². The first-order valence-corrected chi connectivity index (χ1v) is 7.57. The van der Waals surface area contributed by atoms with Crippen molar-refractivity contribution in [1.82, 2.24) is 10.9 Å². The van der Waals surface area contributed by atoms with Crippen molar-refractivity contribution in [3.05, 3.63) is 68.4 Å². The average Bonchev–Trinajstić information content (AvgIpc) is 2.59. The molecule has 0 spiro atoms. The summed E-state index contributed by atoms with van der Waals surface area (Å²) in [6.45, 7) is -0.534. The number of non-ortho nitro benzene ring substituents is 1. The van der Waals surface area contributed by atoms with Gasteiger partial charge in [-0.3, -0.25) is 30.6 Å². The van der Waals surface area contributed by atoms with E-state index in [-0.39, 0.29) is 17.0 Å². The zero-order valence-electron chi connectivity index (χ0n) is 12.5. The fourth-order valence-electron chi connectivity index (χ4n) is 1.73.